The average molecular weight is 276 g/mol. The molecular weight excluding hydrogens is 257 g/mol. The Labute approximate surface area is 113 Å². The van der Waals surface area contributed by atoms with Crippen LogP contribution in [0.3, 0.4) is 0 Å². The van der Waals surface area contributed by atoms with Gasteiger partial charge in [0.2, 0.25) is 0 Å². The van der Waals surface area contributed by atoms with Crippen molar-refractivity contribution in [2.24, 2.45) is 0 Å². The summed E-state index contributed by atoms with van der Waals surface area (Å²) >= 11 is 11.8. The second kappa shape index (κ2) is 8.62. The largest absolute Gasteiger partial charge is 0.492 e. The Bertz CT molecular complexity index is 331. The summed E-state index contributed by atoms with van der Waals surface area (Å²) in [7, 11) is 0. The Balaban J connectivity index is 2.14. The Kier molecular flexibility index (Phi) is 7.41. The number of hydrogen-bond donors (Lipinski definition) is 1. The van der Waals surface area contributed by atoms with Crippen LogP contribution in [0, 0.1) is 0 Å². The van der Waals surface area contributed by atoms with E-state index in [1.165, 1.54) is 12.8 Å². The van der Waals surface area contributed by atoms with Gasteiger partial charge in [-0.2, -0.15) is 0 Å². The van der Waals surface area contributed by atoms with Gasteiger partial charge in [0, 0.05) is 5.02 Å². The van der Waals surface area contributed by atoms with Crippen molar-refractivity contribution < 1.29 is 4.74 Å². The van der Waals surface area contributed by atoms with Gasteiger partial charge in [0.05, 0.1) is 11.6 Å². The van der Waals surface area contributed by atoms with Crippen LogP contribution in [0.1, 0.15) is 26.2 Å². The molecule has 2 nitrogen and oxygen atoms in total. The topological polar surface area (TPSA) is 21.3 Å². The molecule has 0 fully saturated rings. The van der Waals surface area contributed by atoms with Crippen molar-refractivity contribution in [1.29, 1.82) is 0 Å². The number of ether oxygens (including phenoxy) is 1. The molecule has 0 spiro atoms. The molecule has 0 radical (unpaired) electrons. The van der Waals surface area contributed by atoms with Crippen LogP contribution in [0.2, 0.25) is 10.0 Å². The maximum absolute atomic E-state index is 5.99. The fraction of sp³-hybridized carbons (Fsp3) is 0.538. The first-order chi connectivity index (χ1) is 8.24. The van der Waals surface area contributed by atoms with Gasteiger partial charge in [-0.05, 0) is 44.1 Å². The van der Waals surface area contributed by atoms with E-state index < -0.39 is 0 Å². The van der Waals surface area contributed by atoms with Crippen LogP contribution < -0.4 is 10.1 Å². The molecule has 0 saturated heterocycles. The minimum Gasteiger partial charge on any atom is -0.492 e. The molecule has 4 heteroatoms. The summed E-state index contributed by atoms with van der Waals surface area (Å²) in [5, 5.41) is 4.56. The molecule has 1 aromatic rings. The molecule has 96 valence electrons. The molecule has 1 N–H and O–H groups in total. The summed E-state index contributed by atoms with van der Waals surface area (Å²) in [6, 6.07) is 5.27. The van der Waals surface area contributed by atoms with Gasteiger partial charge >= 0.3 is 0 Å². The van der Waals surface area contributed by atoms with Crippen molar-refractivity contribution in [1.82, 2.24) is 5.32 Å². The van der Waals surface area contributed by atoms with Crippen molar-refractivity contribution >= 4 is 23.2 Å². The van der Waals surface area contributed by atoms with E-state index in [9.17, 15) is 0 Å². The van der Waals surface area contributed by atoms with Crippen molar-refractivity contribution in [3.63, 3.8) is 0 Å². The molecule has 0 heterocycles. The number of hydrogen-bond acceptors (Lipinski definition) is 2. The summed E-state index contributed by atoms with van der Waals surface area (Å²) in [5.74, 6) is 0.699. The number of halogens is 2. The molecule has 0 unspecified atom stereocenters. The third-order valence-corrected chi connectivity index (χ3v) is 2.89. The fourth-order valence-electron chi connectivity index (χ4n) is 1.40. The normalized spacial score (nSPS) is 10.5. The van der Waals surface area contributed by atoms with Crippen LogP contribution in [0.4, 0.5) is 0 Å². The van der Waals surface area contributed by atoms with E-state index in [1.807, 2.05) is 0 Å². The van der Waals surface area contributed by atoms with Gasteiger partial charge in [-0.3, -0.25) is 0 Å². The number of rotatable bonds is 8. The minimum absolute atomic E-state index is 0.566. The van der Waals surface area contributed by atoms with Gasteiger partial charge < -0.3 is 10.1 Å². The van der Waals surface area contributed by atoms with Gasteiger partial charge in [0.15, 0.2) is 0 Å². The summed E-state index contributed by atoms with van der Waals surface area (Å²) in [6.45, 7) is 4.91. The zero-order valence-corrected chi connectivity index (χ0v) is 11.7. The molecule has 1 aromatic carbocycles. The van der Waals surface area contributed by atoms with E-state index in [0.717, 1.165) is 19.5 Å². The van der Waals surface area contributed by atoms with Gasteiger partial charge in [0.1, 0.15) is 5.75 Å². The average Bonchev–Trinajstić information content (AvgIpc) is 2.30. The maximum Gasteiger partial charge on any atom is 0.137 e. The first-order valence-electron chi connectivity index (χ1n) is 6.02. The molecule has 17 heavy (non-hydrogen) atoms. The van der Waals surface area contributed by atoms with Crippen LogP contribution in [-0.2, 0) is 0 Å². The molecule has 0 aliphatic carbocycles. The lowest BCUT2D eigenvalue weighted by Crippen LogP contribution is -2.18. The quantitative estimate of drug-likeness (QED) is 0.720. The first kappa shape index (κ1) is 14.6. The zero-order valence-electron chi connectivity index (χ0n) is 10.1. The molecule has 0 aliphatic heterocycles. The Morgan fingerprint density at radius 1 is 1.18 bits per heavy atom. The van der Waals surface area contributed by atoms with Crippen LogP contribution in [0.25, 0.3) is 0 Å². The highest BCUT2D eigenvalue weighted by Crippen LogP contribution is 2.27. The number of benzene rings is 1. The van der Waals surface area contributed by atoms with Crippen molar-refractivity contribution in [2.45, 2.75) is 26.2 Å². The van der Waals surface area contributed by atoms with Crippen LogP contribution in [0.15, 0.2) is 18.2 Å². The summed E-state index contributed by atoms with van der Waals surface area (Å²) in [5.41, 5.74) is 0. The highest BCUT2D eigenvalue weighted by Gasteiger charge is 2.01. The molecule has 0 bridgehead atoms. The number of nitrogens with one attached hydrogen (secondary N) is 1. The van der Waals surface area contributed by atoms with Gasteiger partial charge in [-0.25, -0.2) is 0 Å². The third kappa shape index (κ3) is 6.16. The van der Waals surface area contributed by atoms with Gasteiger partial charge in [-0.1, -0.05) is 36.5 Å². The molecule has 0 amide bonds. The van der Waals surface area contributed by atoms with E-state index in [1.54, 1.807) is 18.2 Å². The summed E-state index contributed by atoms with van der Waals surface area (Å²) < 4.78 is 5.57. The molecule has 0 aliphatic rings. The Morgan fingerprint density at radius 2 is 1.94 bits per heavy atom. The predicted molar refractivity (Wildman–Crippen MR) is 74.4 cm³/mol. The van der Waals surface area contributed by atoms with Crippen LogP contribution in [-0.4, -0.2) is 19.7 Å². The number of unbranched alkanes of at least 4 members (excludes halogenated alkanes) is 1. The monoisotopic (exact) mass is 275 g/mol. The fourth-order valence-corrected chi connectivity index (χ4v) is 1.86. The lowest BCUT2D eigenvalue weighted by molar-refractivity contribution is 0.308. The molecule has 0 saturated carbocycles. The van der Waals surface area contributed by atoms with E-state index in [4.69, 9.17) is 27.9 Å². The standard InChI is InChI=1S/C13H19Cl2NO/c1-2-3-7-16-8-4-9-17-13-6-5-11(14)10-12(13)15/h5-6,10,16H,2-4,7-9H2,1H3. The molecular formula is C13H19Cl2NO. The summed E-state index contributed by atoms with van der Waals surface area (Å²) in [4.78, 5) is 0. The first-order valence-corrected chi connectivity index (χ1v) is 6.78. The zero-order chi connectivity index (χ0) is 12.5. The molecule has 0 atom stereocenters. The van der Waals surface area contributed by atoms with E-state index in [0.29, 0.717) is 22.4 Å². The smallest absolute Gasteiger partial charge is 0.137 e. The predicted octanol–water partition coefficient (Wildman–Crippen LogP) is 4.15. The lowest BCUT2D eigenvalue weighted by atomic mass is 10.3. The van der Waals surface area contributed by atoms with E-state index in [2.05, 4.69) is 12.2 Å². The van der Waals surface area contributed by atoms with Crippen molar-refractivity contribution in [3.05, 3.63) is 28.2 Å². The Morgan fingerprint density at radius 3 is 2.65 bits per heavy atom. The molecule has 1 rings (SSSR count). The lowest BCUT2D eigenvalue weighted by Gasteiger charge is -2.08. The highest BCUT2D eigenvalue weighted by atomic mass is 35.5. The van der Waals surface area contributed by atoms with Crippen molar-refractivity contribution in [3.8, 4) is 5.75 Å². The summed E-state index contributed by atoms with van der Waals surface area (Å²) in [6.07, 6.45) is 3.43. The molecule has 0 aromatic heterocycles. The second-order valence-electron chi connectivity index (χ2n) is 3.88. The van der Waals surface area contributed by atoms with E-state index >= 15 is 0 Å². The van der Waals surface area contributed by atoms with Gasteiger partial charge in [0.25, 0.3) is 0 Å². The third-order valence-electron chi connectivity index (χ3n) is 2.36. The van der Waals surface area contributed by atoms with Gasteiger partial charge in [-0.15, -0.1) is 0 Å². The van der Waals surface area contributed by atoms with Crippen molar-refractivity contribution in [2.75, 3.05) is 19.7 Å². The Hall–Kier alpha value is -0.440. The SMILES string of the molecule is CCCCNCCCOc1ccc(Cl)cc1Cl. The highest BCUT2D eigenvalue weighted by molar-refractivity contribution is 6.35. The van der Waals surface area contributed by atoms with Crippen LogP contribution in [0.5, 0.6) is 5.75 Å². The minimum atomic E-state index is 0.566. The van der Waals surface area contributed by atoms with Crippen LogP contribution >= 0.6 is 23.2 Å². The van der Waals surface area contributed by atoms with E-state index in [-0.39, 0.29) is 0 Å². The maximum atomic E-state index is 5.99. The second-order valence-corrected chi connectivity index (χ2v) is 4.72.